The van der Waals surface area contributed by atoms with Gasteiger partial charge >= 0.3 is 18.0 Å². The third-order valence-corrected chi connectivity index (χ3v) is 3.83. The molecule has 0 spiro atoms. The molecule has 1 heterocycles. The van der Waals surface area contributed by atoms with Crippen molar-refractivity contribution in [2.24, 2.45) is 0 Å². The number of rotatable bonds is 6. The van der Waals surface area contributed by atoms with Gasteiger partial charge in [-0.2, -0.15) is 0 Å². The number of imide groups is 1. The number of amides is 3. The van der Waals surface area contributed by atoms with Crippen molar-refractivity contribution < 1.29 is 33.0 Å². The van der Waals surface area contributed by atoms with E-state index in [0.29, 0.717) is 11.3 Å². The van der Waals surface area contributed by atoms with E-state index in [1.165, 1.54) is 25.1 Å². The van der Waals surface area contributed by atoms with E-state index in [1.807, 2.05) is 5.32 Å². The lowest BCUT2D eigenvalue weighted by molar-refractivity contribution is -0.123. The van der Waals surface area contributed by atoms with Gasteiger partial charge in [-0.1, -0.05) is 12.1 Å². The number of esters is 2. The summed E-state index contributed by atoms with van der Waals surface area (Å²) in [7, 11) is 0. The SMILES string of the molecule is CCOC(=O)c1c(C)[nH]c(C(=O)OCC(=O)NC(=O)Nc2ccccc2F)c1C. The van der Waals surface area contributed by atoms with Crippen LogP contribution in [0, 0.1) is 19.7 Å². The first-order chi connectivity index (χ1) is 13.7. The van der Waals surface area contributed by atoms with Crippen LogP contribution in [0.5, 0.6) is 0 Å². The average Bonchev–Trinajstić information content (AvgIpc) is 2.96. The lowest BCUT2D eigenvalue weighted by Gasteiger charge is -2.08. The zero-order chi connectivity index (χ0) is 21.6. The molecule has 0 unspecified atom stereocenters. The predicted molar refractivity (Wildman–Crippen MR) is 100 cm³/mol. The molecule has 29 heavy (non-hydrogen) atoms. The second-order valence-corrected chi connectivity index (χ2v) is 5.90. The van der Waals surface area contributed by atoms with Gasteiger partial charge in [0.1, 0.15) is 11.5 Å². The fourth-order valence-electron chi connectivity index (χ4n) is 2.55. The van der Waals surface area contributed by atoms with Crippen LogP contribution in [0.25, 0.3) is 0 Å². The molecular weight excluding hydrogens is 385 g/mol. The molecule has 0 aliphatic heterocycles. The van der Waals surface area contributed by atoms with Crippen LogP contribution in [0.3, 0.4) is 0 Å². The topological polar surface area (TPSA) is 127 Å². The number of hydrogen-bond donors (Lipinski definition) is 3. The molecule has 0 aliphatic rings. The van der Waals surface area contributed by atoms with Crippen molar-refractivity contribution >= 4 is 29.6 Å². The average molecular weight is 405 g/mol. The molecule has 1 aromatic carbocycles. The number of carbonyl (C=O) groups is 4. The number of ether oxygens (including phenoxy) is 2. The summed E-state index contributed by atoms with van der Waals surface area (Å²) >= 11 is 0. The lowest BCUT2D eigenvalue weighted by atomic mass is 10.1. The molecule has 0 saturated carbocycles. The standard InChI is InChI=1S/C19H20FN3O6/c1-4-28-17(25)15-10(2)16(21-11(15)3)18(26)29-9-14(24)23-19(27)22-13-8-6-5-7-12(13)20/h5-8,21H,4,9H2,1-3H3,(H2,22,23,24,27). The van der Waals surface area contributed by atoms with Gasteiger partial charge in [0.05, 0.1) is 17.9 Å². The zero-order valence-corrected chi connectivity index (χ0v) is 16.1. The molecule has 154 valence electrons. The second-order valence-electron chi connectivity index (χ2n) is 5.90. The van der Waals surface area contributed by atoms with E-state index in [-0.39, 0.29) is 23.6 Å². The predicted octanol–water partition coefficient (Wildman–Crippen LogP) is 2.45. The number of carbonyl (C=O) groups excluding carboxylic acids is 4. The van der Waals surface area contributed by atoms with E-state index < -0.39 is 36.3 Å². The number of hydrogen-bond acceptors (Lipinski definition) is 6. The summed E-state index contributed by atoms with van der Waals surface area (Å²) in [5.74, 6) is -3.05. The van der Waals surface area contributed by atoms with Crippen molar-refractivity contribution in [2.75, 3.05) is 18.5 Å². The first-order valence-corrected chi connectivity index (χ1v) is 8.63. The van der Waals surface area contributed by atoms with Crippen molar-refractivity contribution in [3.8, 4) is 0 Å². The van der Waals surface area contributed by atoms with Crippen LogP contribution in [0.1, 0.15) is 39.0 Å². The number of aromatic nitrogens is 1. The van der Waals surface area contributed by atoms with Gasteiger partial charge in [-0.3, -0.25) is 10.1 Å². The molecule has 0 fully saturated rings. The maximum atomic E-state index is 13.5. The fraction of sp³-hybridized carbons (Fsp3) is 0.263. The highest BCUT2D eigenvalue weighted by atomic mass is 19.1. The van der Waals surface area contributed by atoms with Crippen molar-refractivity contribution in [1.82, 2.24) is 10.3 Å². The Hall–Kier alpha value is -3.69. The summed E-state index contributed by atoms with van der Waals surface area (Å²) in [6, 6.07) is 4.43. The molecule has 2 aromatic rings. The molecule has 10 heteroatoms. The Morgan fingerprint density at radius 3 is 2.41 bits per heavy atom. The summed E-state index contributed by atoms with van der Waals surface area (Å²) < 4.78 is 23.3. The van der Waals surface area contributed by atoms with E-state index in [9.17, 15) is 23.6 Å². The first kappa shape index (κ1) is 21.6. The van der Waals surface area contributed by atoms with Crippen LogP contribution in [0.2, 0.25) is 0 Å². The number of nitrogens with one attached hydrogen (secondary N) is 3. The second kappa shape index (κ2) is 9.49. The Balaban J connectivity index is 1.93. The van der Waals surface area contributed by atoms with Gasteiger partial charge in [0.2, 0.25) is 0 Å². The quantitative estimate of drug-likeness (QED) is 0.634. The Morgan fingerprint density at radius 1 is 1.07 bits per heavy atom. The molecule has 2 rings (SSSR count). The number of aromatic amines is 1. The highest BCUT2D eigenvalue weighted by Crippen LogP contribution is 2.19. The number of para-hydroxylation sites is 1. The van der Waals surface area contributed by atoms with Gasteiger partial charge in [0.25, 0.3) is 5.91 Å². The summed E-state index contributed by atoms with van der Waals surface area (Å²) in [6.45, 7) is 4.21. The number of aryl methyl sites for hydroxylation is 1. The summed E-state index contributed by atoms with van der Waals surface area (Å²) in [4.78, 5) is 50.4. The maximum absolute atomic E-state index is 13.5. The number of halogens is 1. The van der Waals surface area contributed by atoms with Crippen LogP contribution in [-0.4, -0.2) is 42.1 Å². The van der Waals surface area contributed by atoms with Gasteiger partial charge in [-0.05, 0) is 38.5 Å². The van der Waals surface area contributed by atoms with Crippen LogP contribution in [0.15, 0.2) is 24.3 Å². The molecule has 0 bridgehead atoms. The van der Waals surface area contributed by atoms with Gasteiger partial charge in [-0.25, -0.2) is 18.8 Å². The van der Waals surface area contributed by atoms with E-state index in [2.05, 4.69) is 10.3 Å². The number of benzene rings is 1. The third kappa shape index (κ3) is 5.41. The molecule has 1 aromatic heterocycles. The molecule has 0 saturated heterocycles. The molecule has 3 amide bonds. The minimum Gasteiger partial charge on any atom is -0.462 e. The summed E-state index contributed by atoms with van der Waals surface area (Å²) in [5, 5.41) is 4.07. The summed E-state index contributed by atoms with van der Waals surface area (Å²) in [6.07, 6.45) is 0. The normalized spacial score (nSPS) is 10.2. The molecular formula is C19H20FN3O6. The minimum atomic E-state index is -0.979. The van der Waals surface area contributed by atoms with Crippen LogP contribution >= 0.6 is 0 Å². The Labute approximate surface area is 165 Å². The van der Waals surface area contributed by atoms with Crippen LogP contribution in [-0.2, 0) is 14.3 Å². The smallest absolute Gasteiger partial charge is 0.355 e. The zero-order valence-electron chi connectivity index (χ0n) is 16.1. The van der Waals surface area contributed by atoms with E-state index >= 15 is 0 Å². The third-order valence-electron chi connectivity index (χ3n) is 3.83. The fourth-order valence-corrected chi connectivity index (χ4v) is 2.55. The molecule has 9 nitrogen and oxygen atoms in total. The highest BCUT2D eigenvalue weighted by Gasteiger charge is 2.24. The van der Waals surface area contributed by atoms with E-state index in [1.54, 1.807) is 13.8 Å². The largest absolute Gasteiger partial charge is 0.462 e. The Kier molecular flexibility index (Phi) is 7.07. The van der Waals surface area contributed by atoms with E-state index in [0.717, 1.165) is 6.07 Å². The number of H-pyrrole nitrogens is 1. The van der Waals surface area contributed by atoms with Crippen LogP contribution in [0.4, 0.5) is 14.9 Å². The number of anilines is 1. The summed E-state index contributed by atoms with van der Waals surface area (Å²) in [5.41, 5.74) is 0.839. The van der Waals surface area contributed by atoms with Gasteiger partial charge < -0.3 is 19.8 Å². The maximum Gasteiger partial charge on any atom is 0.355 e. The Bertz CT molecular complexity index is 953. The van der Waals surface area contributed by atoms with Gasteiger partial charge in [0.15, 0.2) is 6.61 Å². The van der Waals surface area contributed by atoms with Crippen molar-refractivity contribution in [1.29, 1.82) is 0 Å². The molecule has 0 radical (unpaired) electrons. The first-order valence-electron chi connectivity index (χ1n) is 8.63. The minimum absolute atomic E-state index is 0.00541. The molecule has 0 atom stereocenters. The molecule has 3 N–H and O–H groups in total. The Morgan fingerprint density at radius 2 is 1.76 bits per heavy atom. The van der Waals surface area contributed by atoms with Gasteiger partial charge in [0, 0.05) is 5.69 Å². The monoisotopic (exact) mass is 405 g/mol. The van der Waals surface area contributed by atoms with Crippen LogP contribution < -0.4 is 10.6 Å². The highest BCUT2D eigenvalue weighted by molar-refractivity contribution is 6.03. The lowest BCUT2D eigenvalue weighted by Crippen LogP contribution is -2.37. The van der Waals surface area contributed by atoms with Crippen molar-refractivity contribution in [3.63, 3.8) is 0 Å². The van der Waals surface area contributed by atoms with E-state index in [4.69, 9.17) is 9.47 Å². The number of urea groups is 1. The van der Waals surface area contributed by atoms with Gasteiger partial charge in [-0.15, -0.1) is 0 Å². The van der Waals surface area contributed by atoms with Crippen molar-refractivity contribution in [2.45, 2.75) is 20.8 Å². The van der Waals surface area contributed by atoms with Crippen molar-refractivity contribution in [3.05, 3.63) is 52.6 Å². The molecule has 0 aliphatic carbocycles.